The van der Waals surface area contributed by atoms with Crippen LogP contribution in [-0.2, 0) is 11.2 Å². The number of carbonyl (C=O) groups excluding carboxylic acids is 1. The molecule has 182 valence electrons. The van der Waals surface area contributed by atoms with Crippen LogP contribution in [0, 0.1) is 5.92 Å². The fourth-order valence-corrected chi connectivity index (χ4v) is 5.58. The van der Waals surface area contributed by atoms with Gasteiger partial charge in [-0.25, -0.2) is 4.68 Å². The first kappa shape index (κ1) is 24.0. The number of benzene rings is 2. The van der Waals surface area contributed by atoms with E-state index in [0.717, 1.165) is 48.3 Å². The molecular weight excluding hydrogens is 479 g/mol. The number of nitrogens with zero attached hydrogens (tertiary/aromatic N) is 2. The molecule has 7 heteroatoms. The zero-order valence-electron chi connectivity index (χ0n) is 19.6. The lowest BCUT2D eigenvalue weighted by Gasteiger charge is -2.35. The molecule has 2 aromatic carbocycles. The fraction of sp³-hybridized carbons (Fsp3) is 0.357. The van der Waals surface area contributed by atoms with Gasteiger partial charge in [-0.15, -0.1) is 0 Å². The van der Waals surface area contributed by atoms with Crippen molar-refractivity contribution in [3.05, 3.63) is 93.2 Å². The van der Waals surface area contributed by atoms with Gasteiger partial charge >= 0.3 is 0 Å². The van der Waals surface area contributed by atoms with Crippen LogP contribution >= 0.6 is 23.2 Å². The van der Waals surface area contributed by atoms with Gasteiger partial charge < -0.3 is 10.6 Å². The van der Waals surface area contributed by atoms with E-state index >= 15 is 0 Å². The third kappa shape index (κ3) is 5.26. The Balaban J connectivity index is 1.47. The summed E-state index contributed by atoms with van der Waals surface area (Å²) in [6.07, 6.45) is 9.33. The zero-order chi connectivity index (χ0) is 24.2. The number of amides is 1. The minimum absolute atomic E-state index is 0.0524. The van der Waals surface area contributed by atoms with Crippen LogP contribution < -0.4 is 10.6 Å². The molecule has 1 aliphatic carbocycles. The largest absolute Gasteiger partial charge is 0.352 e. The molecular formula is C28H30Cl2N4O. The van der Waals surface area contributed by atoms with Crippen LogP contribution in [0.1, 0.15) is 55.7 Å². The fourth-order valence-electron chi connectivity index (χ4n) is 5.28. The lowest BCUT2D eigenvalue weighted by molar-refractivity contribution is -0.118. The van der Waals surface area contributed by atoms with E-state index in [0.29, 0.717) is 22.5 Å². The highest BCUT2D eigenvalue weighted by Gasteiger charge is 2.37. The Hall–Kier alpha value is -2.76. The molecule has 1 aliphatic heterocycles. The van der Waals surface area contributed by atoms with Crippen LogP contribution in [0.3, 0.4) is 0 Å². The average Bonchev–Trinajstić information content (AvgIpc) is 3.37. The summed E-state index contributed by atoms with van der Waals surface area (Å²) in [6, 6.07) is 17.5. The minimum Gasteiger partial charge on any atom is -0.352 e. The molecule has 0 saturated heterocycles. The first-order valence-electron chi connectivity index (χ1n) is 12.4. The second-order valence-electron chi connectivity index (χ2n) is 9.37. The first-order valence-corrected chi connectivity index (χ1v) is 13.2. The third-order valence-electron chi connectivity index (χ3n) is 7.03. The molecule has 0 spiro atoms. The first-order chi connectivity index (χ1) is 17.1. The Morgan fingerprint density at radius 3 is 2.60 bits per heavy atom. The molecule has 0 radical (unpaired) electrons. The Morgan fingerprint density at radius 1 is 1.03 bits per heavy atom. The van der Waals surface area contributed by atoms with E-state index in [1.54, 1.807) is 12.3 Å². The summed E-state index contributed by atoms with van der Waals surface area (Å²) in [5.41, 5.74) is 3.92. The highest BCUT2D eigenvalue weighted by molar-refractivity contribution is 6.42. The maximum absolute atomic E-state index is 13.8. The molecule has 1 unspecified atom stereocenters. The summed E-state index contributed by atoms with van der Waals surface area (Å²) in [7, 11) is 0. The molecule has 2 heterocycles. The molecule has 1 saturated carbocycles. The molecule has 2 aliphatic rings. The van der Waals surface area contributed by atoms with Crippen molar-refractivity contribution in [2.45, 2.75) is 51.0 Å². The van der Waals surface area contributed by atoms with Gasteiger partial charge in [0.25, 0.3) is 5.91 Å². The molecule has 1 atom stereocenters. The van der Waals surface area contributed by atoms with Crippen LogP contribution in [-0.4, -0.2) is 22.2 Å². The second-order valence-corrected chi connectivity index (χ2v) is 10.2. The van der Waals surface area contributed by atoms with E-state index in [-0.39, 0.29) is 11.9 Å². The summed E-state index contributed by atoms with van der Waals surface area (Å²) in [6.45, 7) is 0.606. The van der Waals surface area contributed by atoms with Crippen molar-refractivity contribution in [1.29, 1.82) is 0 Å². The minimum atomic E-state index is -0.373. The van der Waals surface area contributed by atoms with E-state index in [1.165, 1.54) is 24.8 Å². The Morgan fingerprint density at radius 2 is 1.83 bits per heavy atom. The molecule has 1 amide bonds. The standard InChI is InChI=1S/C28H30Cl2N4O/c29-22-14-13-21(18-23(22)30)27-25(28(35)31-16-7-10-19-8-3-1-4-9-19)26(20-11-5-2-6-12-20)33-24-15-17-32-34(24)27/h1,3-4,8-9,13-15,17-18,20,27,33H,2,5-7,10-12,16H2,(H,31,35). The van der Waals surface area contributed by atoms with Gasteiger partial charge in [-0.3, -0.25) is 4.79 Å². The van der Waals surface area contributed by atoms with Crippen molar-refractivity contribution in [3.63, 3.8) is 0 Å². The van der Waals surface area contributed by atoms with Crippen molar-refractivity contribution < 1.29 is 4.79 Å². The van der Waals surface area contributed by atoms with Gasteiger partial charge in [0.2, 0.25) is 0 Å². The van der Waals surface area contributed by atoms with E-state index in [1.807, 2.05) is 41.1 Å². The number of allylic oxidation sites excluding steroid dienone is 1. The van der Waals surface area contributed by atoms with E-state index in [2.05, 4.69) is 27.9 Å². The zero-order valence-corrected chi connectivity index (χ0v) is 21.2. The van der Waals surface area contributed by atoms with Gasteiger partial charge in [-0.05, 0) is 54.9 Å². The highest BCUT2D eigenvalue weighted by Crippen LogP contribution is 2.42. The van der Waals surface area contributed by atoms with Crippen LogP contribution in [0.5, 0.6) is 0 Å². The molecule has 5 rings (SSSR count). The highest BCUT2D eigenvalue weighted by atomic mass is 35.5. The maximum Gasteiger partial charge on any atom is 0.251 e. The molecule has 35 heavy (non-hydrogen) atoms. The predicted molar refractivity (Wildman–Crippen MR) is 142 cm³/mol. The predicted octanol–water partition coefficient (Wildman–Crippen LogP) is 6.79. The quantitative estimate of drug-likeness (QED) is 0.345. The number of aromatic nitrogens is 2. The average molecular weight is 509 g/mol. The van der Waals surface area contributed by atoms with Gasteiger partial charge in [0.15, 0.2) is 0 Å². The van der Waals surface area contributed by atoms with E-state index in [4.69, 9.17) is 23.2 Å². The topological polar surface area (TPSA) is 59.0 Å². The van der Waals surface area contributed by atoms with Crippen LogP contribution in [0.2, 0.25) is 10.0 Å². The summed E-state index contributed by atoms with van der Waals surface area (Å²) >= 11 is 12.6. The lowest BCUT2D eigenvalue weighted by atomic mass is 9.82. The van der Waals surface area contributed by atoms with Crippen molar-refractivity contribution in [2.75, 3.05) is 11.9 Å². The van der Waals surface area contributed by atoms with E-state index in [9.17, 15) is 4.79 Å². The molecule has 5 nitrogen and oxygen atoms in total. The normalized spacial score (nSPS) is 18.2. The second kappa shape index (κ2) is 10.9. The number of halogens is 2. The van der Waals surface area contributed by atoms with Gasteiger partial charge in [0, 0.05) is 18.3 Å². The summed E-state index contributed by atoms with van der Waals surface area (Å²) < 4.78 is 1.88. The molecule has 3 aromatic rings. The van der Waals surface area contributed by atoms with Crippen molar-refractivity contribution >= 4 is 34.9 Å². The molecule has 2 N–H and O–H groups in total. The van der Waals surface area contributed by atoms with Gasteiger partial charge in [0.05, 0.1) is 21.8 Å². The number of carbonyl (C=O) groups is 1. The molecule has 1 fully saturated rings. The van der Waals surface area contributed by atoms with Gasteiger partial charge in [-0.2, -0.15) is 5.10 Å². The number of hydrogen-bond acceptors (Lipinski definition) is 3. The number of anilines is 1. The number of rotatable bonds is 7. The molecule has 1 aromatic heterocycles. The van der Waals surface area contributed by atoms with Gasteiger partial charge in [-0.1, -0.05) is 78.9 Å². The molecule has 0 bridgehead atoms. The van der Waals surface area contributed by atoms with Gasteiger partial charge in [0.1, 0.15) is 11.9 Å². The Bertz CT molecular complexity index is 1210. The summed E-state index contributed by atoms with van der Waals surface area (Å²) in [5, 5.41) is 12.3. The monoisotopic (exact) mass is 508 g/mol. The number of hydrogen-bond donors (Lipinski definition) is 2. The van der Waals surface area contributed by atoms with Crippen LogP contribution in [0.4, 0.5) is 5.82 Å². The number of aryl methyl sites for hydroxylation is 1. The van der Waals surface area contributed by atoms with Crippen LogP contribution in [0.15, 0.2) is 72.1 Å². The Kier molecular flexibility index (Phi) is 7.45. The van der Waals surface area contributed by atoms with Crippen molar-refractivity contribution in [2.24, 2.45) is 5.92 Å². The smallest absolute Gasteiger partial charge is 0.251 e. The number of nitrogens with one attached hydrogen (secondary N) is 2. The van der Waals surface area contributed by atoms with Crippen molar-refractivity contribution in [3.8, 4) is 0 Å². The van der Waals surface area contributed by atoms with Crippen molar-refractivity contribution in [1.82, 2.24) is 15.1 Å². The van der Waals surface area contributed by atoms with E-state index < -0.39 is 0 Å². The third-order valence-corrected chi connectivity index (χ3v) is 7.77. The SMILES string of the molecule is O=C(NCCCc1ccccc1)C1=C(C2CCCCC2)Nc2ccnn2C1c1ccc(Cl)c(Cl)c1. The maximum atomic E-state index is 13.8. The summed E-state index contributed by atoms with van der Waals surface area (Å²) in [4.78, 5) is 13.8. The lowest BCUT2D eigenvalue weighted by Crippen LogP contribution is -2.37. The summed E-state index contributed by atoms with van der Waals surface area (Å²) in [5.74, 6) is 1.16. The Labute approximate surface area is 216 Å². The van der Waals surface area contributed by atoms with Crippen LogP contribution in [0.25, 0.3) is 0 Å². The number of fused-ring (bicyclic) bond motifs is 1.